The summed E-state index contributed by atoms with van der Waals surface area (Å²) in [6, 6.07) is 5.37. The molecule has 4 bridgehead atoms. The fraction of sp³-hybridized carbons (Fsp3) is 0.333. The average molecular weight is 542 g/mol. The zero-order valence-corrected chi connectivity index (χ0v) is 21.1. The molecule has 0 unspecified atom stereocenters. The lowest BCUT2D eigenvalue weighted by Crippen LogP contribution is -2.65. The lowest BCUT2D eigenvalue weighted by atomic mass is 9.46. The van der Waals surface area contributed by atoms with Crippen LogP contribution in [0.3, 0.4) is 0 Å². The van der Waals surface area contributed by atoms with Gasteiger partial charge in [0.2, 0.25) is 0 Å². The molecule has 0 heterocycles. The molecule has 0 aromatic heterocycles. The molecule has 2 spiro atoms. The maximum Gasteiger partial charge on any atom is 0.175 e. The number of Topliss-reactive ketones (excluding diaryl/α,β-unsaturated/α-hetero) is 4. The molecule has 6 aliphatic carbocycles. The summed E-state index contributed by atoms with van der Waals surface area (Å²) in [4.78, 5) is 57.9. The summed E-state index contributed by atoms with van der Waals surface area (Å²) in [5, 5.41) is 67.8. The van der Waals surface area contributed by atoms with Crippen molar-refractivity contribution in [2.75, 3.05) is 0 Å². The average Bonchev–Trinajstić information content (AvgIpc) is 3.22. The van der Waals surface area contributed by atoms with Gasteiger partial charge in [-0.05, 0) is 49.2 Å². The number of phenols is 2. The Bertz CT molecular complexity index is 1680. The summed E-state index contributed by atoms with van der Waals surface area (Å²) in [7, 11) is 0. The van der Waals surface area contributed by atoms with Gasteiger partial charge < -0.3 is 30.6 Å². The predicted octanol–water partition coefficient (Wildman–Crippen LogP) is 1.70. The van der Waals surface area contributed by atoms with Crippen molar-refractivity contribution in [3.8, 4) is 11.5 Å². The highest BCUT2D eigenvalue weighted by Gasteiger charge is 2.89. The van der Waals surface area contributed by atoms with Gasteiger partial charge in [-0.15, -0.1) is 0 Å². The monoisotopic (exact) mass is 542 g/mol. The number of carbonyl (C=O) groups excluding carboxylic acids is 4. The summed E-state index contributed by atoms with van der Waals surface area (Å²) >= 11 is 0. The molecule has 8 rings (SSSR count). The van der Waals surface area contributed by atoms with Gasteiger partial charge in [0.15, 0.2) is 23.1 Å². The van der Waals surface area contributed by atoms with Gasteiger partial charge in [-0.3, -0.25) is 19.2 Å². The van der Waals surface area contributed by atoms with Crippen LogP contribution >= 0.6 is 0 Å². The van der Waals surface area contributed by atoms with Crippen molar-refractivity contribution in [3.63, 3.8) is 0 Å². The van der Waals surface area contributed by atoms with E-state index in [-0.39, 0.29) is 22.3 Å². The number of hydrogen-bond donors (Lipinski definition) is 6. The summed E-state index contributed by atoms with van der Waals surface area (Å²) in [6.45, 7) is 3.19. The number of carbonyl (C=O) groups is 4. The van der Waals surface area contributed by atoms with Crippen LogP contribution in [0.25, 0.3) is 11.5 Å². The molecule has 4 fully saturated rings. The van der Waals surface area contributed by atoms with E-state index < -0.39 is 104 Å². The van der Waals surface area contributed by atoms with E-state index in [1.54, 1.807) is 13.8 Å². The first-order valence-corrected chi connectivity index (χ1v) is 12.9. The molecule has 6 N–H and O–H groups in total. The van der Waals surface area contributed by atoms with Crippen molar-refractivity contribution in [2.45, 2.75) is 26.1 Å². The first-order chi connectivity index (χ1) is 18.8. The molecule has 4 saturated carbocycles. The fourth-order valence-electron chi connectivity index (χ4n) is 9.51. The van der Waals surface area contributed by atoms with Crippen LogP contribution in [-0.2, 0) is 9.59 Å². The van der Waals surface area contributed by atoms with Gasteiger partial charge >= 0.3 is 0 Å². The second-order valence-corrected chi connectivity index (χ2v) is 12.0. The first kappa shape index (κ1) is 23.6. The Morgan fingerprint density at radius 1 is 0.600 bits per heavy atom. The zero-order chi connectivity index (χ0) is 28.5. The minimum atomic E-state index is -2.25. The molecule has 40 heavy (non-hydrogen) atoms. The van der Waals surface area contributed by atoms with Crippen LogP contribution in [0, 0.1) is 48.3 Å². The number of allylic oxidation sites excluding steroid dienone is 2. The molecule has 0 amide bonds. The van der Waals surface area contributed by atoms with Gasteiger partial charge in [0.05, 0.1) is 57.1 Å². The fourth-order valence-corrected chi connectivity index (χ4v) is 9.51. The van der Waals surface area contributed by atoms with Gasteiger partial charge in [-0.1, -0.05) is 0 Å². The van der Waals surface area contributed by atoms with E-state index in [1.165, 1.54) is 24.3 Å². The van der Waals surface area contributed by atoms with Crippen LogP contribution in [0.4, 0.5) is 0 Å². The van der Waals surface area contributed by atoms with E-state index >= 15 is 0 Å². The van der Waals surface area contributed by atoms with Crippen LogP contribution in [0.2, 0.25) is 0 Å². The third-order valence-corrected chi connectivity index (χ3v) is 10.4. The maximum absolute atomic E-state index is 14.5. The number of aromatic hydroxyl groups is 2. The number of aliphatic hydroxyl groups excluding tert-OH is 4. The molecule has 10 heteroatoms. The maximum atomic E-state index is 14.5. The minimum Gasteiger partial charge on any atom is -0.507 e. The standard InChI is InChI=1S/C30H22O10/c1-7-3-9-13(11(31)5-7)21(33)17-25(37)20-23(35)15-16-24(36)19(29(15,17)27(9)39)26(38)18-22(34)14-10(28(40)30(16,18)20)4-8(2)6-12(14)32/h3-6,15-16,19-20,23-24,31-36H,1-2H3/t15-,16-,19+,20+,23-,24+,29+,30+/m1/s1. The van der Waals surface area contributed by atoms with Crippen LogP contribution in [-0.4, -0.2) is 66.0 Å². The molecule has 0 saturated heterocycles. The number of ketones is 4. The highest BCUT2D eigenvalue weighted by atomic mass is 16.3. The highest BCUT2D eigenvalue weighted by Crippen LogP contribution is 2.80. The summed E-state index contributed by atoms with van der Waals surface area (Å²) < 4.78 is 0. The molecule has 2 aromatic carbocycles. The Labute approximate surface area is 225 Å². The summed E-state index contributed by atoms with van der Waals surface area (Å²) in [5.41, 5.74) is -5.58. The number of rotatable bonds is 0. The third kappa shape index (κ3) is 1.96. The van der Waals surface area contributed by atoms with Crippen molar-refractivity contribution in [1.82, 2.24) is 0 Å². The molecule has 10 nitrogen and oxygen atoms in total. The number of benzene rings is 2. The van der Waals surface area contributed by atoms with Gasteiger partial charge in [-0.2, -0.15) is 0 Å². The second kappa shape index (κ2) is 6.54. The topological polar surface area (TPSA) is 190 Å². The lowest BCUT2D eigenvalue weighted by Gasteiger charge is -2.53. The van der Waals surface area contributed by atoms with E-state index in [1.807, 2.05) is 0 Å². The minimum absolute atomic E-state index is 0.185. The van der Waals surface area contributed by atoms with Gasteiger partial charge in [0, 0.05) is 23.0 Å². The quantitative estimate of drug-likeness (QED) is 0.286. The summed E-state index contributed by atoms with van der Waals surface area (Å²) in [5.74, 6) is -12.2. The highest BCUT2D eigenvalue weighted by molar-refractivity contribution is 6.30. The smallest absolute Gasteiger partial charge is 0.175 e. The molecular formula is C30H22O10. The molecule has 0 radical (unpaired) electrons. The van der Waals surface area contributed by atoms with Crippen molar-refractivity contribution in [1.29, 1.82) is 0 Å². The van der Waals surface area contributed by atoms with Gasteiger partial charge in [-0.25, -0.2) is 0 Å². The molecular weight excluding hydrogens is 520 g/mol. The van der Waals surface area contributed by atoms with Crippen molar-refractivity contribution < 1.29 is 49.8 Å². The number of aryl methyl sites for hydroxylation is 2. The number of aliphatic hydroxyl groups is 4. The predicted molar refractivity (Wildman–Crippen MR) is 134 cm³/mol. The van der Waals surface area contributed by atoms with Gasteiger partial charge in [0.25, 0.3) is 0 Å². The van der Waals surface area contributed by atoms with Crippen molar-refractivity contribution >= 4 is 34.7 Å². The molecule has 2 aromatic rings. The zero-order valence-electron chi connectivity index (χ0n) is 21.1. The lowest BCUT2D eigenvalue weighted by molar-refractivity contribution is -0.142. The SMILES string of the molecule is Cc1cc(O)c2c(c1)C(=O)[C@]13C(=C2O)C(=O)[C@@H]2[C@@H](O)[C@H]1[C@@H]1[C@@H](O)[C@H]3C(=O)C3=C(O)c4c(O)cc(C)cc4C(=O)[C@]312. The van der Waals surface area contributed by atoms with Gasteiger partial charge in [0.1, 0.15) is 23.0 Å². The number of phenolic OH excluding ortho intramolecular Hbond substituents is 2. The van der Waals surface area contributed by atoms with Crippen LogP contribution in [0.15, 0.2) is 35.4 Å². The molecule has 8 atom stereocenters. The molecule has 6 aliphatic rings. The Balaban J connectivity index is 1.55. The summed E-state index contributed by atoms with van der Waals surface area (Å²) in [6.07, 6.45) is -3.37. The van der Waals surface area contributed by atoms with E-state index in [2.05, 4.69) is 0 Å². The third-order valence-electron chi connectivity index (χ3n) is 10.4. The first-order valence-electron chi connectivity index (χ1n) is 12.9. The van der Waals surface area contributed by atoms with Crippen LogP contribution in [0.1, 0.15) is 43.0 Å². The van der Waals surface area contributed by atoms with Crippen molar-refractivity contribution in [3.05, 3.63) is 68.8 Å². The largest absolute Gasteiger partial charge is 0.507 e. The van der Waals surface area contributed by atoms with E-state index in [0.717, 1.165) is 0 Å². The van der Waals surface area contributed by atoms with E-state index in [4.69, 9.17) is 0 Å². The Hall–Kier alpha value is -4.28. The number of fused-ring (bicyclic) bond motifs is 4. The van der Waals surface area contributed by atoms with E-state index in [9.17, 15) is 49.8 Å². The number of hydrogen-bond acceptors (Lipinski definition) is 10. The Morgan fingerprint density at radius 3 is 1.30 bits per heavy atom. The molecule has 0 aliphatic heterocycles. The van der Waals surface area contributed by atoms with E-state index in [0.29, 0.717) is 11.1 Å². The molecule has 202 valence electrons. The van der Waals surface area contributed by atoms with Crippen LogP contribution in [0.5, 0.6) is 11.5 Å². The Morgan fingerprint density at radius 2 is 0.950 bits per heavy atom. The normalized spacial score (nSPS) is 38.1. The second-order valence-electron chi connectivity index (χ2n) is 12.0. The van der Waals surface area contributed by atoms with Crippen LogP contribution < -0.4 is 0 Å². The Kier molecular flexibility index (Phi) is 3.86. The van der Waals surface area contributed by atoms with Crippen molar-refractivity contribution in [2.24, 2.45) is 34.5 Å².